The zero-order valence-corrected chi connectivity index (χ0v) is 18.4. The van der Waals surface area contributed by atoms with Gasteiger partial charge in [0.05, 0.1) is 12.2 Å². The molecule has 2 amide bonds. The van der Waals surface area contributed by atoms with Gasteiger partial charge in [-0.05, 0) is 62.1 Å². The Balaban J connectivity index is 1.90. The first kappa shape index (κ1) is 22.6. The highest BCUT2D eigenvalue weighted by Crippen LogP contribution is 2.31. The van der Waals surface area contributed by atoms with Crippen molar-refractivity contribution in [3.8, 4) is 5.75 Å². The lowest BCUT2D eigenvalue weighted by molar-refractivity contribution is -0.137. The molecule has 0 spiro atoms. The van der Waals surface area contributed by atoms with Crippen molar-refractivity contribution in [2.75, 3.05) is 31.7 Å². The molecule has 0 aromatic heterocycles. The molecule has 6 nitrogen and oxygen atoms in total. The van der Waals surface area contributed by atoms with Gasteiger partial charge in [0.25, 0.3) is 11.8 Å². The minimum atomic E-state index is -0.315. The van der Waals surface area contributed by atoms with Crippen molar-refractivity contribution in [2.45, 2.75) is 33.6 Å². The van der Waals surface area contributed by atoms with Gasteiger partial charge in [0.2, 0.25) is 0 Å². The second kappa shape index (κ2) is 10.8. The molecule has 0 bridgehead atoms. The van der Waals surface area contributed by atoms with Gasteiger partial charge in [-0.2, -0.15) is 0 Å². The van der Waals surface area contributed by atoms with E-state index in [2.05, 4.69) is 5.32 Å². The van der Waals surface area contributed by atoms with E-state index in [9.17, 15) is 9.59 Å². The van der Waals surface area contributed by atoms with Crippen molar-refractivity contribution in [1.29, 1.82) is 0 Å². The molecule has 164 valence electrons. The zero-order chi connectivity index (χ0) is 22.2. The number of nitrogens with one attached hydrogen (secondary N) is 1. The van der Waals surface area contributed by atoms with Crippen LogP contribution in [0.3, 0.4) is 0 Å². The van der Waals surface area contributed by atoms with Gasteiger partial charge in [0, 0.05) is 25.4 Å². The topological polar surface area (TPSA) is 67.9 Å². The van der Waals surface area contributed by atoms with Gasteiger partial charge in [-0.25, -0.2) is 0 Å². The van der Waals surface area contributed by atoms with Crippen molar-refractivity contribution < 1.29 is 19.1 Å². The largest absolute Gasteiger partial charge is 0.494 e. The van der Waals surface area contributed by atoms with Gasteiger partial charge in [-0.3, -0.25) is 14.5 Å². The van der Waals surface area contributed by atoms with Gasteiger partial charge in [-0.1, -0.05) is 31.2 Å². The van der Waals surface area contributed by atoms with E-state index in [1.54, 1.807) is 0 Å². The Labute approximate surface area is 183 Å². The fraction of sp³-hybridized carbons (Fsp3) is 0.360. The summed E-state index contributed by atoms with van der Waals surface area (Å²) in [5, 5.41) is 3.20. The molecule has 1 aliphatic rings. The summed E-state index contributed by atoms with van der Waals surface area (Å²) < 4.78 is 11.0. The number of ether oxygens (including phenoxy) is 2. The van der Waals surface area contributed by atoms with E-state index in [0.717, 1.165) is 23.4 Å². The molecule has 1 N–H and O–H groups in total. The number of carbonyl (C=O) groups excluding carboxylic acids is 2. The van der Waals surface area contributed by atoms with E-state index >= 15 is 0 Å². The molecular weight excluding hydrogens is 392 g/mol. The Hall–Kier alpha value is -3.12. The highest BCUT2D eigenvalue weighted by Gasteiger charge is 2.38. The van der Waals surface area contributed by atoms with E-state index in [4.69, 9.17) is 9.47 Å². The number of carbonyl (C=O) groups is 2. The highest BCUT2D eigenvalue weighted by atomic mass is 16.5. The summed E-state index contributed by atoms with van der Waals surface area (Å²) in [5.41, 5.74) is 3.20. The van der Waals surface area contributed by atoms with Gasteiger partial charge < -0.3 is 14.8 Å². The summed E-state index contributed by atoms with van der Waals surface area (Å²) in [4.78, 5) is 27.7. The summed E-state index contributed by atoms with van der Waals surface area (Å²) in [7, 11) is 0. The Morgan fingerprint density at radius 1 is 0.968 bits per heavy atom. The lowest BCUT2D eigenvalue weighted by Crippen LogP contribution is -2.34. The van der Waals surface area contributed by atoms with Gasteiger partial charge in [-0.15, -0.1) is 0 Å². The first-order valence-corrected chi connectivity index (χ1v) is 10.8. The van der Waals surface area contributed by atoms with E-state index in [-0.39, 0.29) is 11.8 Å². The molecule has 0 atom stereocenters. The van der Waals surface area contributed by atoms with Gasteiger partial charge >= 0.3 is 0 Å². The maximum absolute atomic E-state index is 13.2. The van der Waals surface area contributed by atoms with Crippen molar-refractivity contribution >= 4 is 23.1 Å². The third-order valence-corrected chi connectivity index (χ3v) is 4.95. The summed E-state index contributed by atoms with van der Waals surface area (Å²) in [6.45, 7) is 8.02. The number of hydrogen-bond donors (Lipinski definition) is 1. The van der Waals surface area contributed by atoms with Crippen molar-refractivity contribution in [3.05, 3.63) is 65.4 Å². The molecule has 1 aliphatic heterocycles. The van der Waals surface area contributed by atoms with Crippen LogP contribution in [0, 0.1) is 6.92 Å². The molecule has 2 aromatic carbocycles. The number of anilines is 1. The maximum atomic E-state index is 13.2. The molecule has 31 heavy (non-hydrogen) atoms. The van der Waals surface area contributed by atoms with Gasteiger partial charge in [0.1, 0.15) is 11.4 Å². The number of hydrogen-bond acceptors (Lipinski definition) is 5. The molecule has 3 rings (SSSR count). The first-order valence-electron chi connectivity index (χ1n) is 10.8. The summed E-state index contributed by atoms with van der Waals surface area (Å²) >= 11 is 0. The van der Waals surface area contributed by atoms with Crippen LogP contribution >= 0.6 is 0 Å². The van der Waals surface area contributed by atoms with E-state index in [1.807, 2.05) is 69.3 Å². The van der Waals surface area contributed by atoms with Crippen LogP contribution in [0.2, 0.25) is 0 Å². The van der Waals surface area contributed by atoms with E-state index < -0.39 is 0 Å². The first-order chi connectivity index (χ1) is 15.0. The summed E-state index contributed by atoms with van der Waals surface area (Å²) in [5.74, 6) is 0.132. The molecule has 0 radical (unpaired) electrons. The molecule has 0 aliphatic carbocycles. The third-order valence-electron chi connectivity index (χ3n) is 4.95. The Bertz CT molecular complexity index is 950. The number of benzene rings is 2. The number of nitrogens with zero attached hydrogens (tertiary/aromatic N) is 1. The summed E-state index contributed by atoms with van der Waals surface area (Å²) in [6.07, 6.45) is 1.52. The predicted molar refractivity (Wildman–Crippen MR) is 122 cm³/mol. The quantitative estimate of drug-likeness (QED) is 0.429. The second-order valence-electron chi connectivity index (χ2n) is 7.43. The minimum absolute atomic E-state index is 0.293. The van der Waals surface area contributed by atoms with Crippen LogP contribution in [0.5, 0.6) is 5.75 Å². The van der Waals surface area contributed by atoms with Crippen molar-refractivity contribution in [1.82, 2.24) is 4.90 Å². The second-order valence-corrected chi connectivity index (χ2v) is 7.43. The van der Waals surface area contributed by atoms with E-state index in [0.29, 0.717) is 49.6 Å². The van der Waals surface area contributed by atoms with Crippen LogP contribution < -0.4 is 10.1 Å². The van der Waals surface area contributed by atoms with Crippen LogP contribution in [0.1, 0.15) is 37.8 Å². The molecule has 6 heteroatoms. The molecule has 0 unspecified atom stereocenters. The maximum Gasteiger partial charge on any atom is 0.278 e. The molecular formula is C25H30N2O4. The molecule has 2 aromatic rings. The minimum Gasteiger partial charge on any atom is -0.494 e. The van der Waals surface area contributed by atoms with Crippen LogP contribution in [-0.2, 0) is 14.3 Å². The number of rotatable bonds is 11. The smallest absolute Gasteiger partial charge is 0.278 e. The van der Waals surface area contributed by atoms with Crippen molar-refractivity contribution in [3.63, 3.8) is 0 Å². The fourth-order valence-electron chi connectivity index (χ4n) is 3.44. The third kappa shape index (κ3) is 5.52. The Morgan fingerprint density at radius 2 is 1.74 bits per heavy atom. The summed E-state index contributed by atoms with van der Waals surface area (Å²) in [6, 6.07) is 15.0. The van der Waals surface area contributed by atoms with Crippen molar-refractivity contribution in [2.24, 2.45) is 0 Å². The standard InChI is InChI=1S/C25H30N2O4/c1-4-15-31-21-12-10-19(11-13-21)22-23(26-20-9-6-8-18(3)17-20)25(29)27(24(22)28)14-7-16-30-5-2/h6,8-13,17,26H,4-5,7,14-16H2,1-3H3. The van der Waals surface area contributed by atoms with Crippen LogP contribution in [0.4, 0.5) is 5.69 Å². The molecule has 1 heterocycles. The lowest BCUT2D eigenvalue weighted by atomic mass is 10.0. The van der Waals surface area contributed by atoms with Crippen LogP contribution in [0.25, 0.3) is 5.57 Å². The van der Waals surface area contributed by atoms with Crippen LogP contribution in [-0.4, -0.2) is 43.1 Å². The molecule has 0 saturated carbocycles. The van der Waals surface area contributed by atoms with Gasteiger partial charge in [0.15, 0.2) is 0 Å². The average Bonchev–Trinajstić information content (AvgIpc) is 2.99. The lowest BCUT2D eigenvalue weighted by Gasteiger charge is -2.15. The predicted octanol–water partition coefficient (Wildman–Crippen LogP) is 4.40. The van der Waals surface area contributed by atoms with Crippen LogP contribution in [0.15, 0.2) is 54.2 Å². The Kier molecular flexibility index (Phi) is 7.84. The number of imide groups is 1. The molecule has 0 fully saturated rings. The zero-order valence-electron chi connectivity index (χ0n) is 18.4. The average molecular weight is 423 g/mol. The van der Waals surface area contributed by atoms with E-state index in [1.165, 1.54) is 4.90 Å². The highest BCUT2D eigenvalue weighted by molar-refractivity contribution is 6.36. The normalized spacial score (nSPS) is 13.8. The Morgan fingerprint density at radius 3 is 2.42 bits per heavy atom. The monoisotopic (exact) mass is 422 g/mol. The number of aryl methyl sites for hydroxylation is 1. The number of amides is 2. The SMILES string of the molecule is CCCOc1ccc(C2=C(Nc3cccc(C)c3)C(=O)N(CCCOCC)C2=O)cc1. The molecule has 0 saturated heterocycles. The fourth-order valence-corrected chi connectivity index (χ4v) is 3.44.